The van der Waals surface area contributed by atoms with Gasteiger partial charge in [-0.25, -0.2) is 0 Å². The van der Waals surface area contributed by atoms with Crippen molar-refractivity contribution >= 4 is 17.3 Å². The molecule has 0 saturated heterocycles. The van der Waals surface area contributed by atoms with Crippen molar-refractivity contribution in [1.82, 2.24) is 0 Å². The number of nitro groups is 1. The summed E-state index contributed by atoms with van der Waals surface area (Å²) in [5.74, 6) is -0.455. The number of anilines is 1. The summed E-state index contributed by atoms with van der Waals surface area (Å²) in [4.78, 5) is 21.4. The van der Waals surface area contributed by atoms with E-state index in [2.05, 4.69) is 5.32 Å². The molecule has 0 aromatic heterocycles. The molecule has 0 unspecified atom stereocenters. The molecule has 0 radical (unpaired) electrons. The van der Waals surface area contributed by atoms with Crippen molar-refractivity contribution < 1.29 is 9.72 Å². The zero-order chi connectivity index (χ0) is 13.1. The lowest BCUT2D eigenvalue weighted by atomic mass is 9.92. The van der Waals surface area contributed by atoms with E-state index in [0.29, 0.717) is 5.69 Å². The molecule has 0 spiro atoms. The predicted octanol–water partition coefficient (Wildman–Crippen LogP) is 1.52. The van der Waals surface area contributed by atoms with Crippen LogP contribution in [-0.4, -0.2) is 17.4 Å². The number of hydrogen-bond donors (Lipinski definition) is 2. The molecule has 0 fully saturated rings. The second-order valence-electron chi connectivity index (χ2n) is 4.38. The SMILES string of the molecule is CC(C)(CNc1ccccc1[N+](=O)[O-])C(N)=O. The summed E-state index contributed by atoms with van der Waals surface area (Å²) in [7, 11) is 0. The molecule has 17 heavy (non-hydrogen) atoms. The van der Waals surface area contributed by atoms with Crippen molar-refractivity contribution in [2.75, 3.05) is 11.9 Å². The van der Waals surface area contributed by atoms with Crippen molar-refractivity contribution in [1.29, 1.82) is 0 Å². The number of amides is 1. The van der Waals surface area contributed by atoms with Crippen molar-refractivity contribution in [2.45, 2.75) is 13.8 Å². The van der Waals surface area contributed by atoms with Gasteiger partial charge in [-0.2, -0.15) is 0 Å². The molecule has 1 rings (SSSR count). The van der Waals surface area contributed by atoms with Crippen LogP contribution in [0.3, 0.4) is 0 Å². The lowest BCUT2D eigenvalue weighted by Gasteiger charge is -2.21. The average molecular weight is 237 g/mol. The van der Waals surface area contributed by atoms with E-state index in [0.717, 1.165) is 0 Å². The fourth-order valence-electron chi connectivity index (χ4n) is 1.19. The average Bonchev–Trinajstić information content (AvgIpc) is 2.26. The Bertz CT molecular complexity index is 443. The van der Waals surface area contributed by atoms with Crippen LogP contribution in [0.4, 0.5) is 11.4 Å². The van der Waals surface area contributed by atoms with Crippen LogP contribution in [0, 0.1) is 15.5 Å². The lowest BCUT2D eigenvalue weighted by Crippen LogP contribution is -2.37. The Kier molecular flexibility index (Phi) is 3.67. The molecule has 6 nitrogen and oxygen atoms in total. The van der Waals surface area contributed by atoms with Gasteiger partial charge in [-0.05, 0) is 19.9 Å². The zero-order valence-electron chi connectivity index (χ0n) is 9.77. The highest BCUT2D eigenvalue weighted by Gasteiger charge is 2.25. The maximum atomic E-state index is 11.1. The number of nitro benzene ring substituents is 1. The third-order valence-corrected chi connectivity index (χ3v) is 2.49. The van der Waals surface area contributed by atoms with Crippen LogP contribution in [0.1, 0.15) is 13.8 Å². The van der Waals surface area contributed by atoms with Crippen LogP contribution >= 0.6 is 0 Å². The van der Waals surface area contributed by atoms with Gasteiger partial charge >= 0.3 is 0 Å². The Labute approximate surface area is 99.0 Å². The fourth-order valence-corrected chi connectivity index (χ4v) is 1.19. The zero-order valence-corrected chi connectivity index (χ0v) is 9.77. The molecule has 0 aliphatic heterocycles. The summed E-state index contributed by atoms with van der Waals surface area (Å²) < 4.78 is 0. The predicted molar refractivity (Wildman–Crippen MR) is 64.6 cm³/mol. The molecule has 0 bridgehead atoms. The van der Waals surface area contributed by atoms with E-state index in [1.807, 2.05) is 0 Å². The van der Waals surface area contributed by atoms with E-state index < -0.39 is 16.2 Å². The topological polar surface area (TPSA) is 98.3 Å². The Balaban J connectivity index is 2.83. The van der Waals surface area contributed by atoms with Gasteiger partial charge in [-0.3, -0.25) is 14.9 Å². The molecule has 0 aliphatic carbocycles. The van der Waals surface area contributed by atoms with Crippen molar-refractivity contribution in [3.63, 3.8) is 0 Å². The second-order valence-corrected chi connectivity index (χ2v) is 4.38. The molecule has 1 aromatic rings. The number of carbonyl (C=O) groups excluding carboxylic acids is 1. The Morgan fingerprint density at radius 3 is 2.59 bits per heavy atom. The summed E-state index contributed by atoms with van der Waals surface area (Å²) in [6.45, 7) is 3.60. The minimum Gasteiger partial charge on any atom is -0.378 e. The standard InChI is InChI=1S/C11H15N3O3/c1-11(2,10(12)15)7-13-8-5-3-4-6-9(8)14(16)17/h3-6,13H,7H2,1-2H3,(H2,12,15). The number of carbonyl (C=O) groups is 1. The minimum atomic E-state index is -0.760. The molecule has 0 saturated carbocycles. The van der Waals surface area contributed by atoms with Crippen LogP contribution in [0.25, 0.3) is 0 Å². The number of benzene rings is 1. The minimum absolute atomic E-state index is 0.0206. The van der Waals surface area contributed by atoms with Gasteiger partial charge in [0.2, 0.25) is 5.91 Å². The lowest BCUT2D eigenvalue weighted by molar-refractivity contribution is -0.384. The highest BCUT2D eigenvalue weighted by Crippen LogP contribution is 2.25. The molecule has 3 N–H and O–H groups in total. The molecule has 0 aliphatic rings. The van der Waals surface area contributed by atoms with E-state index in [4.69, 9.17) is 5.73 Å². The smallest absolute Gasteiger partial charge is 0.292 e. The van der Waals surface area contributed by atoms with Gasteiger partial charge in [0.05, 0.1) is 10.3 Å². The van der Waals surface area contributed by atoms with E-state index >= 15 is 0 Å². The summed E-state index contributed by atoms with van der Waals surface area (Å²) in [5, 5.41) is 13.6. The summed E-state index contributed by atoms with van der Waals surface area (Å²) >= 11 is 0. The van der Waals surface area contributed by atoms with Crippen molar-refractivity contribution in [3.8, 4) is 0 Å². The first-order valence-electron chi connectivity index (χ1n) is 5.12. The highest BCUT2D eigenvalue weighted by atomic mass is 16.6. The van der Waals surface area contributed by atoms with Gasteiger partial charge in [0.1, 0.15) is 5.69 Å². The summed E-state index contributed by atoms with van der Waals surface area (Å²) in [5.41, 5.74) is 4.82. The quantitative estimate of drug-likeness (QED) is 0.599. The number of hydrogen-bond acceptors (Lipinski definition) is 4. The van der Waals surface area contributed by atoms with Crippen LogP contribution in [-0.2, 0) is 4.79 Å². The van der Waals surface area contributed by atoms with Gasteiger partial charge in [-0.1, -0.05) is 12.1 Å². The Hall–Kier alpha value is -2.11. The molecule has 92 valence electrons. The first-order chi connectivity index (χ1) is 7.84. The maximum absolute atomic E-state index is 11.1. The van der Waals surface area contributed by atoms with Crippen molar-refractivity contribution in [3.05, 3.63) is 34.4 Å². The number of nitrogens with two attached hydrogens (primary N) is 1. The largest absolute Gasteiger partial charge is 0.378 e. The molecule has 6 heteroatoms. The molecular formula is C11H15N3O3. The van der Waals surface area contributed by atoms with Crippen molar-refractivity contribution in [2.24, 2.45) is 11.1 Å². The van der Waals surface area contributed by atoms with E-state index in [-0.39, 0.29) is 12.2 Å². The molecule has 0 atom stereocenters. The van der Waals surface area contributed by atoms with Crippen LogP contribution in [0.15, 0.2) is 24.3 Å². The normalized spacial score (nSPS) is 10.9. The number of nitrogens with one attached hydrogen (secondary N) is 1. The van der Waals surface area contributed by atoms with Gasteiger partial charge < -0.3 is 11.1 Å². The molecule has 0 heterocycles. The monoisotopic (exact) mass is 237 g/mol. The van der Waals surface area contributed by atoms with E-state index in [1.54, 1.807) is 32.0 Å². The first-order valence-corrected chi connectivity index (χ1v) is 5.12. The Morgan fingerprint density at radius 2 is 2.06 bits per heavy atom. The number of para-hydroxylation sites is 2. The molecule has 1 aromatic carbocycles. The third-order valence-electron chi connectivity index (χ3n) is 2.49. The van der Waals surface area contributed by atoms with Gasteiger partial charge in [0, 0.05) is 12.6 Å². The number of nitrogens with zero attached hydrogens (tertiary/aromatic N) is 1. The third kappa shape index (κ3) is 3.17. The Morgan fingerprint density at radius 1 is 1.47 bits per heavy atom. The van der Waals surface area contributed by atoms with Crippen LogP contribution in [0.2, 0.25) is 0 Å². The van der Waals surface area contributed by atoms with E-state index in [1.165, 1.54) is 6.07 Å². The highest BCUT2D eigenvalue weighted by molar-refractivity contribution is 5.80. The van der Waals surface area contributed by atoms with Crippen LogP contribution < -0.4 is 11.1 Å². The van der Waals surface area contributed by atoms with Gasteiger partial charge in [0.15, 0.2) is 0 Å². The summed E-state index contributed by atoms with van der Waals surface area (Å²) in [6, 6.07) is 6.27. The van der Waals surface area contributed by atoms with Crippen LogP contribution in [0.5, 0.6) is 0 Å². The second kappa shape index (κ2) is 4.82. The summed E-state index contributed by atoms with van der Waals surface area (Å²) in [6.07, 6.45) is 0. The molecular weight excluding hydrogens is 222 g/mol. The number of rotatable bonds is 5. The van der Waals surface area contributed by atoms with E-state index in [9.17, 15) is 14.9 Å². The fraction of sp³-hybridized carbons (Fsp3) is 0.364. The number of primary amides is 1. The van der Waals surface area contributed by atoms with Gasteiger partial charge in [0.25, 0.3) is 5.69 Å². The molecule has 1 amide bonds. The first kappa shape index (κ1) is 13.0. The van der Waals surface area contributed by atoms with Gasteiger partial charge in [-0.15, -0.1) is 0 Å². The maximum Gasteiger partial charge on any atom is 0.292 e.